The Kier molecular flexibility index (Phi) is 4.00. The Morgan fingerprint density at radius 3 is 2.44 bits per heavy atom. The van der Waals surface area contributed by atoms with Crippen LogP contribution in [0.25, 0.3) is 0 Å². The third-order valence-electron chi connectivity index (χ3n) is 3.40. The number of aliphatic hydroxyl groups excluding tert-OH is 1. The van der Waals surface area contributed by atoms with Crippen molar-refractivity contribution in [2.24, 2.45) is 0 Å². The zero-order valence-corrected chi connectivity index (χ0v) is 11.0. The molecule has 2 N–H and O–H groups in total. The topological polar surface area (TPSA) is 32.3 Å². The summed E-state index contributed by atoms with van der Waals surface area (Å²) >= 11 is 3.46. The molecule has 0 bridgehead atoms. The van der Waals surface area contributed by atoms with Gasteiger partial charge in [0.2, 0.25) is 0 Å². The smallest absolute Gasteiger partial charge is 0.0443 e. The lowest BCUT2D eigenvalue weighted by atomic mass is 9.72. The van der Waals surface area contributed by atoms with Crippen LogP contribution in [0.1, 0.15) is 31.2 Å². The van der Waals surface area contributed by atoms with Crippen LogP contribution in [-0.4, -0.2) is 18.3 Å². The highest BCUT2D eigenvalue weighted by molar-refractivity contribution is 9.10. The summed E-state index contributed by atoms with van der Waals surface area (Å²) in [5, 5.41) is 12.4. The van der Waals surface area contributed by atoms with E-state index in [1.54, 1.807) is 0 Å². The number of aliphatic hydroxyl groups is 1. The molecule has 0 aliphatic heterocycles. The maximum absolute atomic E-state index is 8.81. The van der Waals surface area contributed by atoms with E-state index in [9.17, 15) is 0 Å². The second kappa shape index (κ2) is 5.30. The molecule has 1 saturated carbocycles. The minimum Gasteiger partial charge on any atom is -0.396 e. The predicted octanol–water partition coefficient (Wildman–Crippen LogP) is 2.80. The van der Waals surface area contributed by atoms with Gasteiger partial charge in [0, 0.05) is 16.6 Å². The van der Waals surface area contributed by atoms with Crippen LogP contribution in [0.3, 0.4) is 0 Å². The molecule has 1 aliphatic rings. The van der Waals surface area contributed by atoms with E-state index in [4.69, 9.17) is 5.11 Å². The lowest BCUT2D eigenvalue weighted by molar-refractivity contribution is 0.178. The van der Waals surface area contributed by atoms with Gasteiger partial charge in [0.1, 0.15) is 0 Å². The lowest BCUT2D eigenvalue weighted by Gasteiger charge is -2.43. The van der Waals surface area contributed by atoms with Crippen LogP contribution in [0.15, 0.2) is 28.7 Å². The summed E-state index contributed by atoms with van der Waals surface area (Å²) in [5.74, 6) is 0. The Morgan fingerprint density at radius 1 is 1.25 bits per heavy atom. The Labute approximate surface area is 105 Å². The molecule has 0 aromatic heterocycles. The van der Waals surface area contributed by atoms with Crippen LogP contribution < -0.4 is 5.32 Å². The normalized spacial score (nSPS) is 18.1. The lowest BCUT2D eigenvalue weighted by Crippen LogP contribution is -2.48. The second-order valence-corrected chi connectivity index (χ2v) is 5.36. The van der Waals surface area contributed by atoms with Crippen LogP contribution in [0.4, 0.5) is 0 Å². The van der Waals surface area contributed by atoms with Crippen molar-refractivity contribution in [3.8, 4) is 0 Å². The molecule has 3 heteroatoms. The molecule has 0 unspecified atom stereocenters. The van der Waals surface area contributed by atoms with Crippen LogP contribution >= 0.6 is 15.9 Å². The summed E-state index contributed by atoms with van der Waals surface area (Å²) in [6.07, 6.45) is 4.54. The van der Waals surface area contributed by atoms with Crippen molar-refractivity contribution in [1.29, 1.82) is 0 Å². The van der Waals surface area contributed by atoms with Crippen LogP contribution in [0.5, 0.6) is 0 Å². The average Bonchev–Trinajstić information content (AvgIpc) is 2.24. The molecule has 0 saturated heterocycles. The third-order valence-corrected chi connectivity index (χ3v) is 3.93. The van der Waals surface area contributed by atoms with Crippen LogP contribution in [-0.2, 0) is 5.54 Å². The van der Waals surface area contributed by atoms with Crippen molar-refractivity contribution in [3.63, 3.8) is 0 Å². The standard InChI is InChI=1S/C13H18BrNO/c14-12-5-3-11(4-6-12)13(7-1-8-13)15-9-2-10-16/h3-6,15-16H,1-2,7-10H2. The predicted molar refractivity (Wildman–Crippen MR) is 69.4 cm³/mol. The zero-order chi connectivity index (χ0) is 11.4. The van der Waals surface area contributed by atoms with E-state index in [1.807, 2.05) is 0 Å². The van der Waals surface area contributed by atoms with Gasteiger partial charge in [-0.15, -0.1) is 0 Å². The molecule has 88 valence electrons. The van der Waals surface area contributed by atoms with Gasteiger partial charge in [-0.25, -0.2) is 0 Å². The molecule has 0 amide bonds. The number of nitrogens with one attached hydrogen (secondary N) is 1. The fraction of sp³-hybridized carbons (Fsp3) is 0.538. The first-order valence-corrected chi connectivity index (χ1v) is 6.68. The summed E-state index contributed by atoms with van der Waals surface area (Å²) in [4.78, 5) is 0. The van der Waals surface area contributed by atoms with E-state index in [2.05, 4.69) is 45.5 Å². The summed E-state index contributed by atoms with van der Waals surface area (Å²) in [6.45, 7) is 1.16. The van der Waals surface area contributed by atoms with Crippen molar-refractivity contribution >= 4 is 15.9 Å². The van der Waals surface area contributed by atoms with Crippen LogP contribution in [0, 0.1) is 0 Å². The first-order chi connectivity index (χ1) is 7.77. The van der Waals surface area contributed by atoms with Crippen LogP contribution in [0.2, 0.25) is 0 Å². The van der Waals surface area contributed by atoms with Gasteiger partial charge < -0.3 is 10.4 Å². The Morgan fingerprint density at radius 2 is 1.94 bits per heavy atom. The van der Waals surface area contributed by atoms with Gasteiger partial charge in [0.05, 0.1) is 0 Å². The van der Waals surface area contributed by atoms with Crippen molar-refractivity contribution in [3.05, 3.63) is 34.3 Å². The van der Waals surface area contributed by atoms with Gasteiger partial charge >= 0.3 is 0 Å². The monoisotopic (exact) mass is 283 g/mol. The number of rotatable bonds is 5. The second-order valence-electron chi connectivity index (χ2n) is 4.45. The SMILES string of the molecule is OCCCNC1(c2ccc(Br)cc2)CCC1. The molecule has 1 fully saturated rings. The van der Waals surface area contributed by atoms with Crippen molar-refractivity contribution in [2.45, 2.75) is 31.2 Å². The van der Waals surface area contributed by atoms with Crippen molar-refractivity contribution in [2.75, 3.05) is 13.2 Å². The molecule has 0 radical (unpaired) electrons. The molecule has 1 aromatic carbocycles. The quantitative estimate of drug-likeness (QED) is 0.815. The van der Waals surface area contributed by atoms with Gasteiger partial charge in [0.15, 0.2) is 0 Å². The van der Waals surface area contributed by atoms with Gasteiger partial charge in [-0.05, 0) is 49.9 Å². The minimum atomic E-state index is 0.176. The minimum absolute atomic E-state index is 0.176. The number of hydrogen-bond acceptors (Lipinski definition) is 2. The van der Waals surface area contributed by atoms with E-state index in [1.165, 1.54) is 24.8 Å². The van der Waals surface area contributed by atoms with E-state index in [-0.39, 0.29) is 12.1 Å². The molecule has 0 atom stereocenters. The maximum Gasteiger partial charge on any atom is 0.0443 e. The van der Waals surface area contributed by atoms with Crippen molar-refractivity contribution < 1.29 is 5.11 Å². The molecule has 2 rings (SSSR count). The molecule has 1 aliphatic carbocycles. The average molecular weight is 284 g/mol. The molecule has 1 aromatic rings. The Balaban J connectivity index is 2.05. The van der Waals surface area contributed by atoms with E-state index in [0.29, 0.717) is 0 Å². The molecule has 0 spiro atoms. The summed E-state index contributed by atoms with van der Waals surface area (Å²) < 4.78 is 1.13. The third kappa shape index (κ3) is 2.47. The van der Waals surface area contributed by atoms with Gasteiger partial charge in [0.25, 0.3) is 0 Å². The van der Waals surface area contributed by atoms with Gasteiger partial charge in [-0.1, -0.05) is 28.1 Å². The number of benzene rings is 1. The molecular formula is C13H18BrNO. The Bertz CT molecular complexity index is 332. The fourth-order valence-corrected chi connectivity index (χ4v) is 2.54. The van der Waals surface area contributed by atoms with E-state index in [0.717, 1.165) is 17.4 Å². The highest BCUT2D eigenvalue weighted by Crippen LogP contribution is 2.41. The summed E-state index contributed by atoms with van der Waals surface area (Å²) in [6, 6.07) is 8.58. The first-order valence-electron chi connectivity index (χ1n) is 5.89. The zero-order valence-electron chi connectivity index (χ0n) is 9.38. The summed E-state index contributed by atoms with van der Waals surface area (Å²) in [7, 11) is 0. The molecule has 2 nitrogen and oxygen atoms in total. The fourth-order valence-electron chi connectivity index (χ4n) is 2.27. The molecule has 16 heavy (non-hydrogen) atoms. The number of halogens is 1. The van der Waals surface area contributed by atoms with Gasteiger partial charge in [-0.3, -0.25) is 0 Å². The van der Waals surface area contributed by atoms with E-state index < -0.39 is 0 Å². The van der Waals surface area contributed by atoms with Crippen molar-refractivity contribution in [1.82, 2.24) is 5.32 Å². The van der Waals surface area contributed by atoms with E-state index >= 15 is 0 Å². The number of hydrogen-bond donors (Lipinski definition) is 2. The Hall–Kier alpha value is -0.380. The first kappa shape index (κ1) is 12.1. The highest BCUT2D eigenvalue weighted by atomic mass is 79.9. The largest absolute Gasteiger partial charge is 0.396 e. The molecular weight excluding hydrogens is 266 g/mol. The molecule has 0 heterocycles. The van der Waals surface area contributed by atoms with Gasteiger partial charge in [-0.2, -0.15) is 0 Å². The summed E-state index contributed by atoms with van der Waals surface area (Å²) in [5.41, 5.74) is 1.55. The highest BCUT2D eigenvalue weighted by Gasteiger charge is 2.37. The maximum atomic E-state index is 8.81.